The Morgan fingerprint density at radius 3 is 2.30 bits per heavy atom. The lowest BCUT2D eigenvalue weighted by Gasteiger charge is -2.28. The summed E-state index contributed by atoms with van der Waals surface area (Å²) in [4.78, 5) is 13.7. The minimum absolute atomic E-state index is 0.0666. The number of ether oxygens (including phenoxy) is 1. The van der Waals surface area contributed by atoms with Crippen LogP contribution in [0, 0.1) is 6.92 Å². The Kier molecular flexibility index (Phi) is 6.88. The molecule has 2 saturated heterocycles. The van der Waals surface area contributed by atoms with Gasteiger partial charge in [0.05, 0.1) is 4.90 Å². The Hall–Kier alpha value is -1.64. The minimum atomic E-state index is -4.02. The third-order valence-corrected chi connectivity index (χ3v) is 5.36. The Morgan fingerprint density at radius 2 is 1.74 bits per heavy atom. The van der Waals surface area contributed by atoms with Gasteiger partial charge in [0.15, 0.2) is 0 Å². The molecule has 3 rings (SSSR count). The summed E-state index contributed by atoms with van der Waals surface area (Å²) in [6.07, 6.45) is 3.33. The molecule has 1 aromatic carbocycles. The van der Waals surface area contributed by atoms with Gasteiger partial charge in [0.25, 0.3) is 10.1 Å². The molecule has 1 aromatic rings. The summed E-state index contributed by atoms with van der Waals surface area (Å²) >= 11 is 0. The minimum Gasteiger partial charge on any atom is -0.444 e. The van der Waals surface area contributed by atoms with E-state index in [1.165, 1.54) is 25.0 Å². The average Bonchev–Trinajstić information content (AvgIpc) is 2.84. The third kappa shape index (κ3) is 7.12. The third-order valence-electron chi connectivity index (χ3n) is 4.49. The van der Waals surface area contributed by atoms with Gasteiger partial charge in [-0.25, -0.2) is 4.79 Å². The molecule has 152 valence electrons. The van der Waals surface area contributed by atoms with E-state index in [0.717, 1.165) is 25.1 Å². The number of carbonyl (C=O) groups excluding carboxylic acids is 1. The fourth-order valence-electron chi connectivity index (χ4n) is 3.15. The molecule has 1 amide bonds. The maximum absolute atomic E-state index is 11.9. The van der Waals surface area contributed by atoms with Gasteiger partial charge >= 0.3 is 6.09 Å². The molecular formula is C19H30N2O5S. The second-order valence-corrected chi connectivity index (χ2v) is 9.56. The van der Waals surface area contributed by atoms with E-state index in [4.69, 9.17) is 9.29 Å². The van der Waals surface area contributed by atoms with Crippen molar-refractivity contribution in [2.24, 2.45) is 0 Å². The fourth-order valence-corrected chi connectivity index (χ4v) is 3.63. The molecule has 27 heavy (non-hydrogen) atoms. The zero-order chi connectivity index (χ0) is 20.2. The lowest BCUT2D eigenvalue weighted by atomic mass is 10.1. The van der Waals surface area contributed by atoms with E-state index in [9.17, 15) is 13.2 Å². The summed E-state index contributed by atoms with van der Waals surface area (Å²) in [5.41, 5.74) is 0.563. The Labute approximate surface area is 161 Å². The van der Waals surface area contributed by atoms with Crippen molar-refractivity contribution >= 4 is 16.2 Å². The zero-order valence-electron chi connectivity index (χ0n) is 16.4. The van der Waals surface area contributed by atoms with Crippen LogP contribution in [0.3, 0.4) is 0 Å². The van der Waals surface area contributed by atoms with Crippen LogP contribution in [-0.2, 0) is 14.9 Å². The number of hydrogen-bond acceptors (Lipinski definition) is 5. The normalized spacial score (nSPS) is 22.5. The van der Waals surface area contributed by atoms with Crippen molar-refractivity contribution in [2.75, 3.05) is 13.1 Å². The number of hydrogen-bond donors (Lipinski definition) is 2. The van der Waals surface area contributed by atoms with Crippen LogP contribution in [0.4, 0.5) is 4.79 Å². The predicted molar refractivity (Wildman–Crippen MR) is 103 cm³/mol. The molecule has 8 heteroatoms. The van der Waals surface area contributed by atoms with E-state index < -0.39 is 15.7 Å². The highest BCUT2D eigenvalue weighted by atomic mass is 32.2. The van der Waals surface area contributed by atoms with Crippen LogP contribution in [0.25, 0.3) is 0 Å². The van der Waals surface area contributed by atoms with Gasteiger partial charge in [-0.1, -0.05) is 17.7 Å². The van der Waals surface area contributed by atoms with Crippen molar-refractivity contribution in [3.05, 3.63) is 29.8 Å². The molecule has 2 unspecified atom stereocenters. The second kappa shape index (κ2) is 8.58. The maximum atomic E-state index is 11.9. The lowest BCUT2D eigenvalue weighted by Crippen LogP contribution is -2.41. The molecule has 0 aromatic heterocycles. The van der Waals surface area contributed by atoms with Crippen molar-refractivity contribution in [1.82, 2.24) is 10.2 Å². The molecule has 2 heterocycles. The van der Waals surface area contributed by atoms with Gasteiger partial charge in [-0.15, -0.1) is 0 Å². The summed E-state index contributed by atoms with van der Waals surface area (Å²) in [6, 6.07) is 7.07. The molecular weight excluding hydrogens is 368 g/mol. The van der Waals surface area contributed by atoms with E-state index in [-0.39, 0.29) is 11.0 Å². The van der Waals surface area contributed by atoms with Crippen LogP contribution in [-0.4, -0.2) is 54.7 Å². The number of aryl methyl sites for hydroxylation is 1. The van der Waals surface area contributed by atoms with Crippen molar-refractivity contribution in [3.8, 4) is 0 Å². The summed E-state index contributed by atoms with van der Waals surface area (Å²) < 4.78 is 35.0. The molecule has 2 aliphatic rings. The van der Waals surface area contributed by atoms with E-state index >= 15 is 0 Å². The predicted octanol–water partition coefficient (Wildman–Crippen LogP) is 2.99. The van der Waals surface area contributed by atoms with E-state index in [0.29, 0.717) is 12.1 Å². The van der Waals surface area contributed by atoms with Crippen LogP contribution in [0.2, 0.25) is 0 Å². The highest BCUT2D eigenvalue weighted by molar-refractivity contribution is 7.85. The zero-order valence-corrected chi connectivity index (χ0v) is 17.3. The first kappa shape index (κ1) is 21.7. The SMILES string of the molecule is CC(C)(C)OC(=O)N1CCC2CCC(C1)N2.Cc1ccc(S(=O)(=O)O)cc1. The molecule has 0 saturated carbocycles. The first-order valence-corrected chi connectivity index (χ1v) is 10.7. The topological polar surface area (TPSA) is 95.9 Å². The lowest BCUT2D eigenvalue weighted by molar-refractivity contribution is 0.0242. The van der Waals surface area contributed by atoms with E-state index in [1.807, 2.05) is 32.6 Å². The molecule has 0 radical (unpaired) electrons. The number of benzene rings is 1. The standard InChI is InChI=1S/C12H22N2O2.C7H8O3S/c1-12(2,3)16-11(15)14-7-6-9-4-5-10(8-14)13-9;1-6-2-4-7(5-3-6)11(8,9)10/h9-10,13H,4-8H2,1-3H3;2-5H,1H3,(H,8,9,10). The summed E-state index contributed by atoms with van der Waals surface area (Å²) in [5.74, 6) is 0. The molecule has 2 fully saturated rings. The molecule has 0 aliphatic carbocycles. The monoisotopic (exact) mass is 398 g/mol. The van der Waals surface area contributed by atoms with Gasteiger partial charge in [0.1, 0.15) is 5.60 Å². The summed E-state index contributed by atoms with van der Waals surface area (Å²) in [5, 5.41) is 3.55. The average molecular weight is 399 g/mol. The summed E-state index contributed by atoms with van der Waals surface area (Å²) in [6.45, 7) is 9.19. The summed E-state index contributed by atoms with van der Waals surface area (Å²) in [7, 11) is -4.02. The largest absolute Gasteiger partial charge is 0.444 e. The van der Waals surface area contributed by atoms with Gasteiger partial charge in [-0.2, -0.15) is 8.42 Å². The first-order chi connectivity index (χ1) is 12.4. The molecule has 2 N–H and O–H groups in total. The van der Waals surface area contributed by atoms with Crippen LogP contribution in [0.1, 0.15) is 45.6 Å². The highest BCUT2D eigenvalue weighted by Gasteiger charge is 2.32. The van der Waals surface area contributed by atoms with Gasteiger partial charge in [-0.05, 0) is 59.1 Å². The Bertz CT molecular complexity index is 740. The van der Waals surface area contributed by atoms with Crippen LogP contribution < -0.4 is 5.32 Å². The van der Waals surface area contributed by atoms with Crippen LogP contribution in [0.15, 0.2) is 29.2 Å². The molecule has 0 spiro atoms. The van der Waals surface area contributed by atoms with E-state index in [1.54, 1.807) is 12.1 Å². The van der Waals surface area contributed by atoms with Gasteiger partial charge < -0.3 is 15.0 Å². The van der Waals surface area contributed by atoms with Crippen molar-refractivity contribution in [3.63, 3.8) is 0 Å². The van der Waals surface area contributed by atoms with E-state index in [2.05, 4.69) is 5.32 Å². The molecule has 2 aliphatic heterocycles. The smallest absolute Gasteiger partial charge is 0.410 e. The number of amides is 1. The van der Waals surface area contributed by atoms with Gasteiger partial charge in [0.2, 0.25) is 0 Å². The van der Waals surface area contributed by atoms with Crippen molar-refractivity contribution in [2.45, 2.75) is 69.5 Å². The van der Waals surface area contributed by atoms with Crippen LogP contribution in [0.5, 0.6) is 0 Å². The fraction of sp³-hybridized carbons (Fsp3) is 0.632. The van der Waals surface area contributed by atoms with Crippen molar-refractivity contribution < 1.29 is 22.5 Å². The van der Waals surface area contributed by atoms with Crippen molar-refractivity contribution in [1.29, 1.82) is 0 Å². The molecule has 2 bridgehead atoms. The highest BCUT2D eigenvalue weighted by Crippen LogP contribution is 2.21. The quantitative estimate of drug-likeness (QED) is 0.706. The number of likely N-dealkylation sites (tertiary alicyclic amines) is 1. The molecule has 2 atom stereocenters. The van der Waals surface area contributed by atoms with Crippen LogP contribution >= 0.6 is 0 Å². The van der Waals surface area contributed by atoms with Gasteiger partial charge in [0, 0.05) is 25.2 Å². The maximum Gasteiger partial charge on any atom is 0.410 e. The van der Waals surface area contributed by atoms with Gasteiger partial charge in [-0.3, -0.25) is 4.55 Å². The number of nitrogens with zero attached hydrogens (tertiary/aromatic N) is 1. The number of nitrogens with one attached hydrogen (secondary N) is 1. The number of rotatable bonds is 1. The Balaban J connectivity index is 0.000000208. The second-order valence-electron chi connectivity index (χ2n) is 8.14. The molecule has 7 nitrogen and oxygen atoms in total. The Morgan fingerprint density at radius 1 is 1.15 bits per heavy atom. The first-order valence-electron chi connectivity index (χ1n) is 9.22. The number of carbonyl (C=O) groups is 1. The number of fused-ring (bicyclic) bond motifs is 2.